The Morgan fingerprint density at radius 1 is 0.538 bits per heavy atom. The first-order chi connectivity index (χ1) is 18.9. The minimum absolute atomic E-state index is 0.252. The fraction of sp³-hybridized carbons (Fsp3) is 0.0645. The predicted octanol–water partition coefficient (Wildman–Crippen LogP) is 7.72. The Hall–Kier alpha value is -4.85. The monoisotopic (exact) mass is 524 g/mol. The van der Waals surface area contributed by atoms with Gasteiger partial charge in [-0.15, -0.1) is 0 Å². The molecule has 0 saturated carbocycles. The number of halogens is 4. The maximum Gasteiger partial charge on any atom is 0.247 e. The second-order valence-corrected chi connectivity index (χ2v) is 9.12. The van der Waals surface area contributed by atoms with Gasteiger partial charge in [0.25, 0.3) is 0 Å². The normalized spacial score (nSPS) is 14.9. The summed E-state index contributed by atoms with van der Waals surface area (Å²) in [6.07, 6.45) is 0.438. The molecule has 4 nitrogen and oxygen atoms in total. The Morgan fingerprint density at radius 3 is 1.41 bits per heavy atom. The highest BCUT2D eigenvalue weighted by Gasteiger charge is 2.32. The minimum Gasteiger partial charge on any atom is -0.223 e. The van der Waals surface area contributed by atoms with Gasteiger partial charge in [-0.1, -0.05) is 24.3 Å². The van der Waals surface area contributed by atoms with Crippen molar-refractivity contribution in [3.63, 3.8) is 0 Å². The highest BCUT2D eigenvalue weighted by Crippen LogP contribution is 2.37. The largest absolute Gasteiger partial charge is 0.247 e. The highest BCUT2D eigenvalue weighted by atomic mass is 19.1. The molecule has 0 spiro atoms. The number of hydrogen-bond donors (Lipinski definition) is 0. The molecule has 0 saturated heterocycles. The Labute approximate surface area is 221 Å². The van der Waals surface area contributed by atoms with Gasteiger partial charge in [0, 0.05) is 17.5 Å². The third-order valence-electron chi connectivity index (χ3n) is 6.54. The van der Waals surface area contributed by atoms with Gasteiger partial charge < -0.3 is 0 Å². The Balaban J connectivity index is 1.51. The number of rotatable bonds is 5. The molecule has 0 radical (unpaired) electrons. The van der Waals surface area contributed by atoms with Crippen LogP contribution in [0.15, 0.2) is 108 Å². The van der Waals surface area contributed by atoms with E-state index < -0.39 is 0 Å². The molecule has 5 aromatic rings. The lowest BCUT2D eigenvalue weighted by Gasteiger charge is -2.23. The third kappa shape index (κ3) is 5.13. The van der Waals surface area contributed by atoms with Gasteiger partial charge in [-0.25, -0.2) is 32.5 Å². The first-order valence-electron chi connectivity index (χ1n) is 12.2. The van der Waals surface area contributed by atoms with Crippen molar-refractivity contribution < 1.29 is 17.6 Å². The molecule has 1 aromatic heterocycles. The van der Waals surface area contributed by atoms with Gasteiger partial charge in [0.1, 0.15) is 23.3 Å². The van der Waals surface area contributed by atoms with Gasteiger partial charge in [-0.3, -0.25) is 0 Å². The average Bonchev–Trinajstić information content (AvgIpc) is 3.40. The van der Waals surface area contributed by atoms with Crippen molar-refractivity contribution in [1.82, 2.24) is 9.97 Å². The van der Waals surface area contributed by atoms with Crippen molar-refractivity contribution in [3.05, 3.63) is 138 Å². The Bertz CT molecular complexity index is 1590. The van der Waals surface area contributed by atoms with Crippen molar-refractivity contribution >= 4 is 11.7 Å². The molecular weight excluding hydrogens is 504 g/mol. The van der Waals surface area contributed by atoms with Gasteiger partial charge in [-0.2, -0.15) is 5.10 Å². The number of hydrazone groups is 1. The standard InChI is InChI=1S/C31H20F4N4/c32-23-9-1-19(2-10-23)27-17-28(20-3-11-24(33)12-4-20)37-31(36-27)39-30(22-7-15-26(35)16-8-22)18-29(38-39)21-5-13-25(34)14-6-21/h1-17,30H,18H2/t30-/m0/s1. The molecule has 0 aliphatic carbocycles. The summed E-state index contributed by atoms with van der Waals surface area (Å²) in [7, 11) is 0. The van der Waals surface area contributed by atoms with Crippen LogP contribution in [-0.4, -0.2) is 15.7 Å². The Morgan fingerprint density at radius 2 is 0.949 bits per heavy atom. The number of anilines is 1. The topological polar surface area (TPSA) is 41.4 Å². The summed E-state index contributed by atoms with van der Waals surface area (Å²) in [5, 5.41) is 6.48. The molecule has 192 valence electrons. The lowest BCUT2D eigenvalue weighted by molar-refractivity contribution is 0.623. The summed E-state index contributed by atoms with van der Waals surface area (Å²) in [6, 6.07) is 25.4. The first-order valence-corrected chi connectivity index (χ1v) is 12.2. The number of aromatic nitrogens is 2. The molecule has 2 heterocycles. The second kappa shape index (κ2) is 10.1. The van der Waals surface area contributed by atoms with Gasteiger partial charge in [0.15, 0.2) is 0 Å². The molecule has 0 amide bonds. The summed E-state index contributed by atoms with van der Waals surface area (Å²) in [5.74, 6) is -1.23. The van der Waals surface area contributed by atoms with Crippen LogP contribution in [0, 0.1) is 23.3 Å². The first kappa shape index (κ1) is 24.5. The van der Waals surface area contributed by atoms with E-state index in [9.17, 15) is 17.6 Å². The molecule has 1 aliphatic rings. The smallest absolute Gasteiger partial charge is 0.223 e. The van der Waals surface area contributed by atoms with E-state index in [4.69, 9.17) is 15.1 Å². The zero-order valence-corrected chi connectivity index (χ0v) is 20.4. The average molecular weight is 525 g/mol. The van der Waals surface area contributed by atoms with E-state index in [-0.39, 0.29) is 35.3 Å². The van der Waals surface area contributed by atoms with Crippen LogP contribution in [0.2, 0.25) is 0 Å². The van der Waals surface area contributed by atoms with Crippen molar-refractivity contribution in [2.75, 3.05) is 5.01 Å². The fourth-order valence-corrected chi connectivity index (χ4v) is 4.53. The van der Waals surface area contributed by atoms with Crippen LogP contribution in [0.4, 0.5) is 23.5 Å². The summed E-state index contributed by atoms with van der Waals surface area (Å²) < 4.78 is 54.7. The summed E-state index contributed by atoms with van der Waals surface area (Å²) in [6.45, 7) is 0. The zero-order valence-electron chi connectivity index (χ0n) is 20.4. The fourth-order valence-electron chi connectivity index (χ4n) is 4.53. The predicted molar refractivity (Wildman–Crippen MR) is 142 cm³/mol. The van der Waals surface area contributed by atoms with Crippen LogP contribution in [0.25, 0.3) is 22.5 Å². The molecule has 4 aromatic carbocycles. The molecule has 0 bridgehead atoms. The maximum atomic E-state index is 13.8. The van der Waals surface area contributed by atoms with E-state index in [1.165, 1.54) is 48.5 Å². The van der Waals surface area contributed by atoms with Gasteiger partial charge in [0.05, 0.1) is 23.1 Å². The molecule has 1 atom stereocenters. The Kier molecular flexibility index (Phi) is 6.36. The summed E-state index contributed by atoms with van der Waals surface area (Å²) in [4.78, 5) is 9.54. The van der Waals surface area contributed by atoms with E-state index >= 15 is 0 Å². The van der Waals surface area contributed by atoms with Crippen LogP contribution < -0.4 is 5.01 Å². The van der Waals surface area contributed by atoms with Crippen LogP contribution in [-0.2, 0) is 0 Å². The van der Waals surface area contributed by atoms with E-state index in [1.807, 2.05) is 0 Å². The van der Waals surface area contributed by atoms with Crippen molar-refractivity contribution in [1.29, 1.82) is 0 Å². The summed E-state index contributed by atoms with van der Waals surface area (Å²) >= 11 is 0. The van der Waals surface area contributed by atoms with E-state index in [0.717, 1.165) is 11.1 Å². The SMILES string of the molecule is Fc1ccc(C2=NN(c3nc(-c4ccc(F)cc4)cc(-c4ccc(F)cc4)n3)[C@H](c3ccc(F)cc3)C2)cc1. The molecule has 6 rings (SSSR count). The van der Waals surface area contributed by atoms with Crippen molar-refractivity contribution in [3.8, 4) is 22.5 Å². The van der Waals surface area contributed by atoms with Gasteiger partial charge >= 0.3 is 0 Å². The van der Waals surface area contributed by atoms with E-state index in [0.29, 0.717) is 34.6 Å². The van der Waals surface area contributed by atoms with E-state index in [2.05, 4.69) is 0 Å². The molecule has 0 unspecified atom stereocenters. The zero-order chi connectivity index (χ0) is 26.9. The number of nitrogens with zero attached hydrogens (tertiary/aromatic N) is 4. The van der Waals surface area contributed by atoms with Crippen LogP contribution in [0.3, 0.4) is 0 Å². The lowest BCUT2D eigenvalue weighted by Crippen LogP contribution is -2.21. The molecule has 8 heteroatoms. The molecule has 1 aliphatic heterocycles. The lowest BCUT2D eigenvalue weighted by atomic mass is 9.98. The molecule has 39 heavy (non-hydrogen) atoms. The van der Waals surface area contributed by atoms with Crippen LogP contribution >= 0.6 is 0 Å². The quantitative estimate of drug-likeness (QED) is 0.221. The van der Waals surface area contributed by atoms with Gasteiger partial charge in [0.2, 0.25) is 5.95 Å². The number of benzene rings is 4. The number of hydrogen-bond acceptors (Lipinski definition) is 4. The van der Waals surface area contributed by atoms with Crippen molar-refractivity contribution in [2.45, 2.75) is 12.5 Å². The minimum atomic E-state index is -0.379. The second-order valence-electron chi connectivity index (χ2n) is 9.12. The van der Waals surface area contributed by atoms with E-state index in [1.54, 1.807) is 59.6 Å². The van der Waals surface area contributed by atoms with Crippen LogP contribution in [0.5, 0.6) is 0 Å². The van der Waals surface area contributed by atoms with Crippen LogP contribution in [0.1, 0.15) is 23.6 Å². The molecular formula is C31H20F4N4. The third-order valence-corrected chi connectivity index (χ3v) is 6.54. The molecule has 0 N–H and O–H groups in total. The summed E-state index contributed by atoms with van der Waals surface area (Å²) in [5.41, 5.74) is 4.55. The van der Waals surface area contributed by atoms with Gasteiger partial charge in [-0.05, 0) is 90.0 Å². The molecule has 0 fully saturated rings. The maximum absolute atomic E-state index is 13.8. The van der Waals surface area contributed by atoms with Crippen molar-refractivity contribution in [2.24, 2.45) is 5.10 Å². The highest BCUT2D eigenvalue weighted by molar-refractivity contribution is 6.03.